The Bertz CT molecular complexity index is 1970. The predicted molar refractivity (Wildman–Crippen MR) is 182 cm³/mol. The summed E-state index contributed by atoms with van der Waals surface area (Å²) in [5, 5.41) is 0. The van der Waals surface area contributed by atoms with E-state index in [1.165, 1.54) is 12.1 Å². The van der Waals surface area contributed by atoms with E-state index in [0.717, 1.165) is 28.8 Å². The SMILES string of the molecule is COc1ccc([C@]2(N)C(=O)N(C(c3ccccc3)(c3ccccc3)c3ccccc3)c3cc(-c4ccc(C(F)(F)F)cc4)ccc32)cc1. The van der Waals surface area contributed by atoms with Gasteiger partial charge >= 0.3 is 6.18 Å². The molecule has 0 fully saturated rings. The number of hydrogen-bond donors (Lipinski definition) is 1. The lowest BCUT2D eigenvalue weighted by atomic mass is 9.75. The minimum absolute atomic E-state index is 0.358. The Balaban J connectivity index is 1.55. The van der Waals surface area contributed by atoms with Crippen LogP contribution in [0.3, 0.4) is 0 Å². The van der Waals surface area contributed by atoms with Gasteiger partial charge in [0, 0.05) is 5.56 Å². The number of rotatable bonds is 7. The van der Waals surface area contributed by atoms with Crippen molar-refractivity contribution >= 4 is 11.6 Å². The van der Waals surface area contributed by atoms with Crippen molar-refractivity contribution in [3.63, 3.8) is 0 Å². The number of anilines is 1. The van der Waals surface area contributed by atoms with Crippen molar-refractivity contribution in [2.24, 2.45) is 5.73 Å². The molecule has 0 bridgehead atoms. The van der Waals surface area contributed by atoms with Crippen molar-refractivity contribution in [2.75, 3.05) is 12.0 Å². The molecule has 0 aromatic heterocycles. The number of fused-ring (bicyclic) bond motifs is 1. The molecule has 6 aromatic rings. The highest BCUT2D eigenvalue weighted by molar-refractivity contribution is 6.12. The second-order valence-corrected chi connectivity index (χ2v) is 11.8. The summed E-state index contributed by atoms with van der Waals surface area (Å²) in [5.74, 6) is 0.263. The lowest BCUT2D eigenvalue weighted by Crippen LogP contribution is -2.56. The van der Waals surface area contributed by atoms with Crippen molar-refractivity contribution in [3.8, 4) is 16.9 Å². The van der Waals surface area contributed by atoms with Crippen LogP contribution in [0.1, 0.15) is 33.4 Å². The smallest absolute Gasteiger partial charge is 0.416 e. The molecule has 0 aliphatic carbocycles. The summed E-state index contributed by atoms with van der Waals surface area (Å²) >= 11 is 0. The van der Waals surface area contributed by atoms with Crippen LogP contribution in [0, 0.1) is 0 Å². The molecule has 1 aliphatic rings. The van der Waals surface area contributed by atoms with Gasteiger partial charge in [0.05, 0.1) is 18.4 Å². The van der Waals surface area contributed by atoms with E-state index in [1.54, 1.807) is 42.3 Å². The highest BCUT2D eigenvalue weighted by Crippen LogP contribution is 2.54. The molecule has 7 rings (SSSR count). The normalized spacial score (nSPS) is 16.1. The average molecular weight is 641 g/mol. The number of methoxy groups -OCH3 is 1. The molecule has 2 N–H and O–H groups in total. The molecule has 0 saturated heterocycles. The van der Waals surface area contributed by atoms with Crippen LogP contribution < -0.4 is 15.4 Å². The van der Waals surface area contributed by atoms with Gasteiger partial charge in [-0.2, -0.15) is 13.2 Å². The molecule has 0 spiro atoms. The van der Waals surface area contributed by atoms with Crippen LogP contribution >= 0.6 is 0 Å². The van der Waals surface area contributed by atoms with E-state index in [0.29, 0.717) is 33.7 Å². The van der Waals surface area contributed by atoms with Crippen molar-refractivity contribution < 1.29 is 22.7 Å². The summed E-state index contributed by atoms with van der Waals surface area (Å²) in [6.45, 7) is 0. The number of nitrogens with two attached hydrogens (primary N) is 1. The molecular weight excluding hydrogens is 609 g/mol. The number of halogens is 3. The Morgan fingerprint density at radius 1 is 0.604 bits per heavy atom. The van der Waals surface area contributed by atoms with Gasteiger partial charge in [-0.3, -0.25) is 9.69 Å². The van der Waals surface area contributed by atoms with Crippen molar-refractivity contribution in [3.05, 3.63) is 191 Å². The molecule has 48 heavy (non-hydrogen) atoms. The molecule has 1 atom stereocenters. The zero-order valence-corrected chi connectivity index (χ0v) is 26.0. The van der Waals surface area contributed by atoms with Gasteiger partial charge in [0.2, 0.25) is 0 Å². The van der Waals surface area contributed by atoms with Crippen LogP contribution in [0.5, 0.6) is 5.75 Å². The van der Waals surface area contributed by atoms with Crippen molar-refractivity contribution in [1.29, 1.82) is 0 Å². The minimum atomic E-state index is -4.46. The Labute approximate surface area is 276 Å². The third-order valence-corrected chi connectivity index (χ3v) is 9.20. The molecule has 4 nitrogen and oxygen atoms in total. The first-order valence-electron chi connectivity index (χ1n) is 15.5. The van der Waals surface area contributed by atoms with Gasteiger partial charge in [0.15, 0.2) is 0 Å². The van der Waals surface area contributed by atoms with E-state index in [9.17, 15) is 13.2 Å². The summed E-state index contributed by atoms with van der Waals surface area (Å²) in [5.41, 5.74) is 9.22. The van der Waals surface area contributed by atoms with Gasteiger partial charge in [0.25, 0.3) is 5.91 Å². The second-order valence-electron chi connectivity index (χ2n) is 11.8. The fourth-order valence-corrected chi connectivity index (χ4v) is 6.87. The molecule has 1 heterocycles. The zero-order valence-electron chi connectivity index (χ0n) is 26.0. The summed E-state index contributed by atoms with van der Waals surface area (Å²) < 4.78 is 45.7. The van der Waals surface area contributed by atoms with E-state index in [2.05, 4.69) is 0 Å². The average Bonchev–Trinajstić information content (AvgIpc) is 3.36. The highest BCUT2D eigenvalue weighted by Gasteiger charge is 2.57. The monoisotopic (exact) mass is 640 g/mol. The maximum Gasteiger partial charge on any atom is 0.416 e. The summed E-state index contributed by atoms with van der Waals surface area (Å²) in [6, 6.07) is 47.0. The van der Waals surface area contributed by atoms with Crippen molar-refractivity contribution in [1.82, 2.24) is 0 Å². The van der Waals surface area contributed by atoms with Gasteiger partial charge < -0.3 is 10.5 Å². The van der Waals surface area contributed by atoms with Gasteiger partial charge in [-0.1, -0.05) is 127 Å². The van der Waals surface area contributed by atoms with Crippen LogP contribution in [-0.2, 0) is 22.0 Å². The summed E-state index contributed by atoms with van der Waals surface area (Å²) in [4.78, 5) is 17.2. The third-order valence-electron chi connectivity index (χ3n) is 9.20. The Hall–Kier alpha value is -5.66. The molecule has 6 aromatic carbocycles. The zero-order chi connectivity index (χ0) is 33.5. The Morgan fingerprint density at radius 3 is 1.54 bits per heavy atom. The van der Waals surface area contributed by atoms with Crippen LogP contribution in [0.4, 0.5) is 18.9 Å². The lowest BCUT2D eigenvalue weighted by molar-refractivity contribution is -0.137. The number of hydrogen-bond acceptors (Lipinski definition) is 3. The number of carbonyl (C=O) groups excluding carboxylic acids is 1. The first-order valence-corrected chi connectivity index (χ1v) is 15.5. The first-order chi connectivity index (χ1) is 23.2. The number of amides is 1. The molecular formula is C41H31F3N2O2. The van der Waals surface area contributed by atoms with Crippen LogP contribution in [0.2, 0.25) is 0 Å². The highest BCUT2D eigenvalue weighted by atomic mass is 19.4. The van der Waals surface area contributed by atoms with Crippen LogP contribution in [-0.4, -0.2) is 13.0 Å². The van der Waals surface area contributed by atoms with E-state index in [4.69, 9.17) is 10.5 Å². The fourth-order valence-electron chi connectivity index (χ4n) is 6.87. The van der Waals surface area contributed by atoms with Gasteiger partial charge in [0.1, 0.15) is 16.8 Å². The lowest BCUT2D eigenvalue weighted by Gasteiger charge is -2.44. The van der Waals surface area contributed by atoms with E-state index in [-0.39, 0.29) is 5.91 Å². The molecule has 0 radical (unpaired) electrons. The Kier molecular flexibility index (Phi) is 7.65. The molecule has 7 heteroatoms. The number of nitrogens with zero attached hydrogens (tertiary/aromatic N) is 1. The van der Waals surface area contributed by atoms with E-state index >= 15 is 4.79 Å². The maximum absolute atomic E-state index is 15.5. The first kappa shape index (κ1) is 31.0. The van der Waals surface area contributed by atoms with E-state index in [1.807, 2.05) is 103 Å². The molecule has 1 amide bonds. The van der Waals surface area contributed by atoms with Crippen LogP contribution in [0.15, 0.2) is 158 Å². The maximum atomic E-state index is 15.5. The number of benzene rings is 6. The molecule has 0 saturated carbocycles. The van der Waals surface area contributed by atoms with Crippen molar-refractivity contribution in [2.45, 2.75) is 17.3 Å². The number of ether oxygens (including phenoxy) is 1. The van der Waals surface area contributed by atoms with Gasteiger partial charge in [-0.25, -0.2) is 0 Å². The Morgan fingerprint density at radius 2 is 1.08 bits per heavy atom. The molecule has 0 unspecified atom stereocenters. The standard InChI is InChI=1S/C41H31F3N2O2/c1-48-35-24-22-30(23-25-35)39(45)36-26-19-29(28-17-20-34(21-18-28)41(42,43)44)27-37(36)46(38(39)47)40(31-11-5-2-6-12-31,32-13-7-3-8-14-32)33-15-9-4-10-16-33/h2-27H,45H2,1H3/t39-/m1/s1. The summed E-state index contributed by atoms with van der Waals surface area (Å²) in [6.07, 6.45) is -4.46. The fraction of sp³-hybridized carbons (Fsp3) is 0.0976. The van der Waals surface area contributed by atoms with Crippen LogP contribution in [0.25, 0.3) is 11.1 Å². The number of alkyl halides is 3. The molecule has 238 valence electrons. The van der Waals surface area contributed by atoms with E-state index < -0.39 is 22.8 Å². The summed E-state index contributed by atoms with van der Waals surface area (Å²) in [7, 11) is 1.57. The quantitative estimate of drug-likeness (QED) is 0.177. The minimum Gasteiger partial charge on any atom is -0.497 e. The third kappa shape index (κ3) is 4.86. The molecule has 1 aliphatic heterocycles. The van der Waals surface area contributed by atoms with Gasteiger partial charge in [-0.15, -0.1) is 0 Å². The van der Waals surface area contributed by atoms with Gasteiger partial charge in [-0.05, 0) is 63.7 Å². The number of carbonyl (C=O) groups is 1. The topological polar surface area (TPSA) is 55.6 Å². The predicted octanol–water partition coefficient (Wildman–Crippen LogP) is 8.92. The second kappa shape index (κ2) is 11.9. The largest absolute Gasteiger partial charge is 0.497 e.